The molecule has 0 radical (unpaired) electrons. The van der Waals surface area contributed by atoms with Crippen LogP contribution in [0.4, 0.5) is 0 Å². The van der Waals surface area contributed by atoms with E-state index >= 15 is 0 Å². The van der Waals surface area contributed by atoms with Gasteiger partial charge >= 0.3 is 0 Å². The van der Waals surface area contributed by atoms with Crippen LogP contribution in [0.15, 0.2) is 54.1 Å². The molecule has 1 aliphatic rings. The minimum atomic E-state index is -0.805. The van der Waals surface area contributed by atoms with Gasteiger partial charge < -0.3 is 20.1 Å². The number of carbonyl (C=O) groups is 3. The Labute approximate surface area is 178 Å². The van der Waals surface area contributed by atoms with E-state index in [1.165, 1.54) is 18.9 Å². The van der Waals surface area contributed by atoms with Gasteiger partial charge in [-0.05, 0) is 42.0 Å². The van der Waals surface area contributed by atoms with Gasteiger partial charge in [0.15, 0.2) is 0 Å². The number of nitrogens with zero attached hydrogens (tertiary/aromatic N) is 1. The smallest absolute Gasteiger partial charge is 0.295 e. The van der Waals surface area contributed by atoms with Crippen LogP contribution in [0.2, 0.25) is 5.02 Å². The largest absolute Gasteiger partial charge is 0.507 e. The molecular weight excluding hydrogens is 408 g/mol. The predicted octanol–water partition coefficient (Wildman–Crippen LogP) is 2.91. The first-order valence-electron chi connectivity index (χ1n) is 9.26. The summed E-state index contributed by atoms with van der Waals surface area (Å²) in [5, 5.41) is 14.0. The zero-order valence-electron chi connectivity index (χ0n) is 16.5. The van der Waals surface area contributed by atoms with Crippen molar-refractivity contribution in [3.63, 3.8) is 0 Å². The van der Waals surface area contributed by atoms with E-state index in [0.717, 1.165) is 0 Å². The van der Waals surface area contributed by atoms with Crippen molar-refractivity contribution in [2.75, 3.05) is 20.2 Å². The first-order chi connectivity index (χ1) is 14.3. The number of nitrogens with one attached hydrogen (secondary N) is 1. The van der Waals surface area contributed by atoms with Crippen LogP contribution in [0, 0.1) is 0 Å². The summed E-state index contributed by atoms with van der Waals surface area (Å²) in [5.74, 6) is -1.43. The molecule has 2 N–H and O–H groups in total. The van der Waals surface area contributed by atoms with Crippen molar-refractivity contribution >= 4 is 35.0 Å². The third-order valence-electron chi connectivity index (χ3n) is 4.82. The predicted molar refractivity (Wildman–Crippen MR) is 112 cm³/mol. The van der Waals surface area contributed by atoms with Gasteiger partial charge in [-0.2, -0.15) is 0 Å². The van der Waals surface area contributed by atoms with Crippen LogP contribution in [0.3, 0.4) is 0 Å². The lowest BCUT2D eigenvalue weighted by Gasteiger charge is -2.25. The van der Waals surface area contributed by atoms with Crippen molar-refractivity contribution in [2.45, 2.75) is 13.0 Å². The van der Waals surface area contributed by atoms with Crippen LogP contribution >= 0.6 is 11.6 Å². The van der Waals surface area contributed by atoms with Crippen molar-refractivity contribution in [3.05, 3.63) is 70.3 Å². The lowest BCUT2D eigenvalue weighted by molar-refractivity contribution is -0.139. The maximum Gasteiger partial charge on any atom is 0.295 e. The Morgan fingerprint density at radius 2 is 1.77 bits per heavy atom. The number of likely N-dealkylation sites (tertiary alicyclic amines) is 1. The Balaban J connectivity index is 2.08. The van der Waals surface area contributed by atoms with Gasteiger partial charge in [-0.1, -0.05) is 23.7 Å². The van der Waals surface area contributed by atoms with Gasteiger partial charge in [0.2, 0.25) is 5.91 Å². The Morgan fingerprint density at radius 1 is 1.13 bits per heavy atom. The molecule has 0 aliphatic carbocycles. The number of ether oxygens (including phenoxy) is 1. The van der Waals surface area contributed by atoms with Crippen LogP contribution in [-0.2, 0) is 14.4 Å². The molecule has 1 unspecified atom stereocenters. The van der Waals surface area contributed by atoms with Gasteiger partial charge in [0.25, 0.3) is 11.7 Å². The summed E-state index contributed by atoms with van der Waals surface area (Å²) in [6.07, 6.45) is 0. The van der Waals surface area contributed by atoms with Crippen molar-refractivity contribution in [1.82, 2.24) is 10.2 Å². The fraction of sp³-hybridized carbons (Fsp3) is 0.227. The molecule has 3 rings (SSSR count). The average molecular weight is 429 g/mol. The van der Waals surface area contributed by atoms with Gasteiger partial charge in [-0.15, -0.1) is 0 Å². The average Bonchev–Trinajstić information content (AvgIpc) is 2.98. The second-order valence-corrected chi connectivity index (χ2v) is 7.19. The van der Waals surface area contributed by atoms with E-state index in [2.05, 4.69) is 5.32 Å². The molecule has 7 nitrogen and oxygen atoms in total. The summed E-state index contributed by atoms with van der Waals surface area (Å²) in [6.45, 7) is 1.66. The Morgan fingerprint density at radius 3 is 2.33 bits per heavy atom. The second-order valence-electron chi connectivity index (χ2n) is 6.76. The summed E-state index contributed by atoms with van der Waals surface area (Å²) < 4.78 is 5.18. The first kappa shape index (κ1) is 21.4. The Kier molecular flexibility index (Phi) is 6.42. The number of benzene rings is 2. The third kappa shape index (κ3) is 4.31. The highest BCUT2D eigenvalue weighted by Gasteiger charge is 2.45. The minimum Gasteiger partial charge on any atom is -0.507 e. The highest BCUT2D eigenvalue weighted by molar-refractivity contribution is 6.46. The Hall–Kier alpha value is -3.32. The molecule has 0 bridgehead atoms. The van der Waals surface area contributed by atoms with Crippen LogP contribution in [0.1, 0.15) is 24.1 Å². The third-order valence-corrected chi connectivity index (χ3v) is 5.07. The fourth-order valence-electron chi connectivity index (χ4n) is 3.36. The van der Waals surface area contributed by atoms with E-state index in [0.29, 0.717) is 21.9 Å². The number of aliphatic hydroxyl groups excluding tert-OH is 1. The molecule has 30 heavy (non-hydrogen) atoms. The number of hydrogen-bond donors (Lipinski definition) is 2. The van der Waals surface area contributed by atoms with E-state index in [9.17, 15) is 19.5 Å². The van der Waals surface area contributed by atoms with Crippen LogP contribution in [0.5, 0.6) is 5.75 Å². The van der Waals surface area contributed by atoms with Crippen LogP contribution in [-0.4, -0.2) is 47.8 Å². The van der Waals surface area contributed by atoms with E-state index < -0.39 is 17.7 Å². The molecule has 1 aliphatic heterocycles. The summed E-state index contributed by atoms with van der Waals surface area (Å²) in [5.41, 5.74) is 0.987. The van der Waals surface area contributed by atoms with Gasteiger partial charge in [-0.3, -0.25) is 14.4 Å². The number of carbonyl (C=O) groups excluding carboxylic acids is 3. The van der Waals surface area contributed by atoms with E-state index in [-0.39, 0.29) is 30.3 Å². The van der Waals surface area contributed by atoms with Crippen molar-refractivity contribution in [2.24, 2.45) is 0 Å². The summed E-state index contributed by atoms with van der Waals surface area (Å²) in [6, 6.07) is 12.4. The molecule has 156 valence electrons. The topological polar surface area (TPSA) is 95.9 Å². The number of aliphatic hydroxyl groups is 1. The minimum absolute atomic E-state index is 0.0182. The number of rotatable bonds is 6. The first-order valence-corrected chi connectivity index (χ1v) is 9.64. The van der Waals surface area contributed by atoms with Crippen molar-refractivity contribution < 1.29 is 24.2 Å². The van der Waals surface area contributed by atoms with Crippen molar-refractivity contribution in [3.8, 4) is 5.75 Å². The second kappa shape index (κ2) is 9.00. The Bertz CT molecular complexity index is 999. The summed E-state index contributed by atoms with van der Waals surface area (Å²) in [4.78, 5) is 38.2. The molecule has 0 aromatic heterocycles. The highest BCUT2D eigenvalue weighted by atomic mass is 35.5. The quantitative estimate of drug-likeness (QED) is 0.419. The standard InChI is InChI=1S/C22H21ClN2O5/c1-13(26)24-11-12-25-19(14-5-9-17(30-2)10-6-14)18(21(28)22(25)29)20(27)15-3-7-16(23)8-4-15/h3-10,19,27H,11-12H2,1-2H3,(H,24,26)/b20-18+. The molecular formula is C22H21ClN2O5. The molecule has 8 heteroatoms. The lowest BCUT2D eigenvalue weighted by atomic mass is 9.95. The zero-order chi connectivity index (χ0) is 21.8. The molecule has 1 fully saturated rings. The lowest BCUT2D eigenvalue weighted by Crippen LogP contribution is -2.37. The van der Waals surface area contributed by atoms with Gasteiger partial charge in [0.05, 0.1) is 18.7 Å². The summed E-state index contributed by atoms with van der Waals surface area (Å²) >= 11 is 5.91. The van der Waals surface area contributed by atoms with Crippen LogP contribution < -0.4 is 10.1 Å². The molecule has 1 atom stereocenters. The number of amides is 2. The number of hydrogen-bond acceptors (Lipinski definition) is 5. The SMILES string of the molecule is COc1ccc(C2/C(=C(\O)c3ccc(Cl)cc3)C(=O)C(=O)N2CCNC(C)=O)cc1. The normalized spacial score (nSPS) is 17.8. The maximum atomic E-state index is 12.9. The molecule has 0 spiro atoms. The molecule has 2 aromatic carbocycles. The van der Waals surface area contributed by atoms with Gasteiger partial charge in [0.1, 0.15) is 11.5 Å². The number of ketones is 1. The molecule has 1 saturated heterocycles. The van der Waals surface area contributed by atoms with Crippen molar-refractivity contribution in [1.29, 1.82) is 0 Å². The molecule has 1 heterocycles. The number of Topliss-reactive ketones (excluding diaryl/α,β-unsaturated/α-hetero) is 1. The zero-order valence-corrected chi connectivity index (χ0v) is 17.3. The fourth-order valence-corrected chi connectivity index (χ4v) is 3.49. The van der Waals surface area contributed by atoms with Gasteiger partial charge in [0, 0.05) is 30.6 Å². The number of methoxy groups -OCH3 is 1. The monoisotopic (exact) mass is 428 g/mol. The molecule has 0 saturated carbocycles. The van der Waals surface area contributed by atoms with E-state index in [4.69, 9.17) is 16.3 Å². The molecule has 2 aromatic rings. The van der Waals surface area contributed by atoms with E-state index in [1.807, 2.05) is 0 Å². The summed E-state index contributed by atoms with van der Waals surface area (Å²) in [7, 11) is 1.54. The van der Waals surface area contributed by atoms with Gasteiger partial charge in [-0.25, -0.2) is 0 Å². The maximum absolute atomic E-state index is 12.9. The molecule has 2 amide bonds. The highest BCUT2D eigenvalue weighted by Crippen LogP contribution is 2.39. The van der Waals surface area contributed by atoms with E-state index in [1.54, 1.807) is 48.5 Å². The van der Waals surface area contributed by atoms with Crippen LogP contribution in [0.25, 0.3) is 5.76 Å². The number of halogens is 1.